The number of amides is 2. The van der Waals surface area contributed by atoms with Gasteiger partial charge in [-0.25, -0.2) is 4.68 Å². The normalized spacial score (nSPS) is 18.6. The van der Waals surface area contributed by atoms with E-state index in [1.54, 1.807) is 0 Å². The number of rotatable bonds is 5. The third-order valence-electron chi connectivity index (χ3n) is 7.33. The van der Waals surface area contributed by atoms with Gasteiger partial charge in [0, 0.05) is 30.1 Å². The molecule has 1 aromatic heterocycles. The Labute approximate surface area is 210 Å². The Hall–Kier alpha value is -2.93. The minimum Gasteiger partial charge on any atom is -0.342 e. The number of benzene rings is 1. The number of aryl methyl sites for hydroxylation is 1. The summed E-state index contributed by atoms with van der Waals surface area (Å²) in [6.45, 7) is 3.35. The van der Waals surface area contributed by atoms with Crippen LogP contribution < -0.4 is 10.9 Å². The molecule has 0 spiro atoms. The number of piperidine rings is 1. The zero-order valence-electron chi connectivity index (χ0n) is 20.1. The Balaban J connectivity index is 1.32. The van der Waals surface area contributed by atoms with Crippen LogP contribution in [-0.4, -0.2) is 39.6 Å². The first-order valence-corrected chi connectivity index (χ1v) is 13.0. The van der Waals surface area contributed by atoms with E-state index in [4.69, 9.17) is 11.6 Å². The van der Waals surface area contributed by atoms with Gasteiger partial charge in [-0.3, -0.25) is 14.4 Å². The Morgan fingerprint density at radius 3 is 2.46 bits per heavy atom. The molecule has 8 heteroatoms. The van der Waals surface area contributed by atoms with Crippen molar-refractivity contribution in [3.05, 3.63) is 62.0 Å². The topological polar surface area (TPSA) is 84.3 Å². The fourth-order valence-electron chi connectivity index (χ4n) is 5.18. The maximum absolute atomic E-state index is 13.0. The smallest absolute Gasteiger partial charge is 0.267 e. The summed E-state index contributed by atoms with van der Waals surface area (Å²) >= 11 is 6.36. The zero-order chi connectivity index (χ0) is 24.5. The van der Waals surface area contributed by atoms with E-state index in [0.29, 0.717) is 16.6 Å². The molecule has 3 fully saturated rings. The van der Waals surface area contributed by atoms with Crippen molar-refractivity contribution in [1.29, 1.82) is 0 Å². The summed E-state index contributed by atoms with van der Waals surface area (Å²) in [6.07, 6.45) is 11.4. The number of hydrogen-bond donors (Lipinski definition) is 1. The molecule has 5 rings (SSSR count). The molecule has 35 heavy (non-hydrogen) atoms. The van der Waals surface area contributed by atoms with Crippen molar-refractivity contribution in [2.24, 2.45) is 5.92 Å². The number of nitrogens with zero attached hydrogens (tertiary/aromatic N) is 3. The Morgan fingerprint density at radius 2 is 1.80 bits per heavy atom. The second kappa shape index (κ2) is 9.97. The highest BCUT2D eigenvalue weighted by Gasteiger charge is 2.29. The second-order valence-corrected chi connectivity index (χ2v) is 10.4. The molecule has 2 aromatic rings. The van der Waals surface area contributed by atoms with Crippen molar-refractivity contribution in [1.82, 2.24) is 14.7 Å². The molecule has 7 nitrogen and oxygen atoms in total. The molecule has 2 saturated carbocycles. The Kier molecular flexibility index (Phi) is 6.78. The summed E-state index contributed by atoms with van der Waals surface area (Å²) in [6, 6.07) is 5.17. The van der Waals surface area contributed by atoms with Gasteiger partial charge in [-0.05, 0) is 68.7 Å². The molecule has 1 saturated heterocycles. The van der Waals surface area contributed by atoms with Crippen LogP contribution in [0, 0.1) is 12.8 Å². The van der Waals surface area contributed by atoms with Gasteiger partial charge in [-0.15, -0.1) is 0 Å². The standard InChI is InChI=1S/C27H31ClN4O3/c1-17-12-22(28)14-20(13-18-8-10-31(11-9-18)27(35)19-4-2-3-5-19)25(17)30-26(34)21-15-24(33)32(29-16-21)23-6-7-23/h12-16,19,23H,2-11H2,1H3,(H,30,34). The van der Waals surface area contributed by atoms with Crippen LogP contribution in [0.5, 0.6) is 0 Å². The van der Waals surface area contributed by atoms with E-state index in [-0.39, 0.29) is 29.0 Å². The van der Waals surface area contributed by atoms with E-state index in [2.05, 4.69) is 16.5 Å². The Bertz CT molecular complexity index is 1230. The predicted molar refractivity (Wildman–Crippen MR) is 137 cm³/mol. The summed E-state index contributed by atoms with van der Waals surface area (Å²) in [5.41, 5.74) is 3.54. The molecule has 2 amide bonds. The lowest BCUT2D eigenvalue weighted by Crippen LogP contribution is -2.39. The molecular weight excluding hydrogens is 464 g/mol. The minimum absolute atomic E-state index is 0.163. The highest BCUT2D eigenvalue weighted by Crippen LogP contribution is 2.33. The number of carbonyl (C=O) groups excluding carboxylic acids is 2. The minimum atomic E-state index is -0.375. The average molecular weight is 495 g/mol. The van der Waals surface area contributed by atoms with Gasteiger partial charge in [0.05, 0.1) is 23.5 Å². The van der Waals surface area contributed by atoms with Crippen molar-refractivity contribution in [3.63, 3.8) is 0 Å². The van der Waals surface area contributed by atoms with Crippen LogP contribution in [0.2, 0.25) is 5.02 Å². The molecule has 2 heterocycles. The fourth-order valence-corrected chi connectivity index (χ4v) is 5.47. The zero-order valence-corrected chi connectivity index (χ0v) is 20.8. The van der Waals surface area contributed by atoms with E-state index in [9.17, 15) is 14.4 Å². The monoisotopic (exact) mass is 494 g/mol. The van der Waals surface area contributed by atoms with E-state index < -0.39 is 0 Å². The van der Waals surface area contributed by atoms with Crippen LogP contribution >= 0.6 is 11.6 Å². The van der Waals surface area contributed by atoms with Crippen LogP contribution in [-0.2, 0) is 4.79 Å². The van der Waals surface area contributed by atoms with Crippen molar-refractivity contribution in [2.75, 3.05) is 18.4 Å². The molecule has 0 radical (unpaired) electrons. The summed E-state index contributed by atoms with van der Waals surface area (Å²) in [7, 11) is 0. The second-order valence-electron chi connectivity index (χ2n) is 10.0. The first kappa shape index (κ1) is 23.8. The lowest BCUT2D eigenvalue weighted by atomic mass is 9.97. The largest absolute Gasteiger partial charge is 0.342 e. The van der Waals surface area contributed by atoms with E-state index in [0.717, 1.165) is 75.6 Å². The molecular formula is C27H31ClN4O3. The van der Waals surface area contributed by atoms with Crippen molar-refractivity contribution in [3.8, 4) is 0 Å². The molecule has 1 aromatic carbocycles. The molecule has 1 aliphatic heterocycles. The predicted octanol–water partition coefficient (Wildman–Crippen LogP) is 4.99. The van der Waals surface area contributed by atoms with Crippen LogP contribution in [0.25, 0.3) is 6.08 Å². The molecule has 1 N–H and O–H groups in total. The summed E-state index contributed by atoms with van der Waals surface area (Å²) in [5, 5.41) is 7.75. The maximum Gasteiger partial charge on any atom is 0.267 e. The van der Waals surface area contributed by atoms with E-state index in [1.165, 1.54) is 22.5 Å². The highest BCUT2D eigenvalue weighted by molar-refractivity contribution is 6.31. The van der Waals surface area contributed by atoms with Gasteiger partial charge in [0.1, 0.15) is 0 Å². The molecule has 184 valence electrons. The first-order valence-electron chi connectivity index (χ1n) is 12.6. The van der Waals surface area contributed by atoms with E-state index in [1.807, 2.05) is 24.0 Å². The number of hydrogen-bond acceptors (Lipinski definition) is 4. The van der Waals surface area contributed by atoms with Gasteiger partial charge in [0.25, 0.3) is 11.5 Å². The van der Waals surface area contributed by atoms with Crippen LogP contribution in [0.1, 0.15) is 78.9 Å². The van der Waals surface area contributed by atoms with Crippen molar-refractivity contribution in [2.45, 2.75) is 64.3 Å². The summed E-state index contributed by atoms with van der Waals surface area (Å²) in [4.78, 5) is 40.1. The first-order chi connectivity index (χ1) is 16.9. The van der Waals surface area contributed by atoms with E-state index >= 15 is 0 Å². The van der Waals surface area contributed by atoms with Crippen molar-refractivity contribution < 1.29 is 9.59 Å². The van der Waals surface area contributed by atoms with Crippen molar-refractivity contribution >= 4 is 35.2 Å². The lowest BCUT2D eigenvalue weighted by molar-refractivity contribution is -0.135. The van der Waals surface area contributed by atoms with Gasteiger partial charge >= 0.3 is 0 Å². The number of carbonyl (C=O) groups is 2. The third kappa shape index (κ3) is 5.35. The molecule has 3 aliphatic rings. The summed E-state index contributed by atoms with van der Waals surface area (Å²) < 4.78 is 1.45. The number of aromatic nitrogens is 2. The van der Waals surface area contributed by atoms with Gasteiger partial charge in [0.2, 0.25) is 5.91 Å². The number of nitrogens with one attached hydrogen (secondary N) is 1. The van der Waals surface area contributed by atoms with Gasteiger partial charge in [-0.1, -0.05) is 36.1 Å². The quantitative estimate of drug-likeness (QED) is 0.634. The van der Waals surface area contributed by atoms with Gasteiger partial charge in [-0.2, -0.15) is 5.10 Å². The lowest BCUT2D eigenvalue weighted by Gasteiger charge is -2.30. The highest BCUT2D eigenvalue weighted by atomic mass is 35.5. The van der Waals surface area contributed by atoms with Crippen LogP contribution in [0.4, 0.5) is 5.69 Å². The van der Waals surface area contributed by atoms with Crippen LogP contribution in [0.3, 0.4) is 0 Å². The van der Waals surface area contributed by atoms with Gasteiger partial charge in [0.15, 0.2) is 0 Å². The van der Waals surface area contributed by atoms with Gasteiger partial charge < -0.3 is 10.2 Å². The number of halogens is 1. The Morgan fingerprint density at radius 1 is 1.09 bits per heavy atom. The molecule has 0 bridgehead atoms. The summed E-state index contributed by atoms with van der Waals surface area (Å²) in [5.74, 6) is 0.142. The fraction of sp³-hybridized carbons (Fsp3) is 0.481. The SMILES string of the molecule is Cc1cc(Cl)cc(C=C2CCN(C(=O)C3CCCC3)CC2)c1NC(=O)c1cnn(C2CC2)c(=O)c1. The number of anilines is 1. The number of likely N-dealkylation sites (tertiary alicyclic amines) is 1. The molecule has 2 aliphatic carbocycles. The average Bonchev–Trinajstić information content (AvgIpc) is 3.53. The maximum atomic E-state index is 13.0. The van der Waals surface area contributed by atoms with Crippen LogP contribution in [0.15, 0.2) is 34.8 Å². The molecule has 0 atom stereocenters. The third-order valence-corrected chi connectivity index (χ3v) is 7.55. The molecule has 0 unspecified atom stereocenters.